The summed E-state index contributed by atoms with van der Waals surface area (Å²) in [5, 5.41) is 7.23. The molecule has 9 rings (SSSR count). The van der Waals surface area contributed by atoms with Gasteiger partial charge < -0.3 is 4.42 Å². The summed E-state index contributed by atoms with van der Waals surface area (Å²) in [6.45, 7) is 0. The molecule has 0 spiro atoms. The van der Waals surface area contributed by atoms with Crippen molar-refractivity contribution in [3.05, 3.63) is 170 Å². The normalized spacial score (nSPS) is 13.1. The van der Waals surface area contributed by atoms with Gasteiger partial charge in [-0.3, -0.25) is 0 Å². The second-order valence-corrected chi connectivity index (χ2v) is 11.9. The zero-order valence-corrected chi connectivity index (χ0v) is 25.2. The van der Waals surface area contributed by atoms with E-state index >= 15 is 0 Å². The number of rotatable bonds is 4. The smallest absolute Gasteiger partial charge is 0.136 e. The van der Waals surface area contributed by atoms with Gasteiger partial charge in [0.1, 0.15) is 11.2 Å². The van der Waals surface area contributed by atoms with Gasteiger partial charge in [-0.2, -0.15) is 0 Å². The van der Waals surface area contributed by atoms with Crippen LogP contribution in [0.4, 0.5) is 0 Å². The summed E-state index contributed by atoms with van der Waals surface area (Å²) in [7, 11) is 0. The first kappa shape index (κ1) is 26.4. The molecule has 0 N–H and O–H groups in total. The highest BCUT2D eigenvalue weighted by Crippen LogP contribution is 2.40. The third-order valence-electron chi connectivity index (χ3n) is 9.07. The Morgan fingerprint density at radius 3 is 2.26 bits per heavy atom. The van der Waals surface area contributed by atoms with E-state index in [4.69, 9.17) is 9.40 Å². The summed E-state index contributed by atoms with van der Waals surface area (Å²) < 4.78 is 6.44. The van der Waals surface area contributed by atoms with E-state index in [2.05, 4.69) is 164 Å². The summed E-state index contributed by atoms with van der Waals surface area (Å²) in [6.07, 6.45) is 11.6. The number of hydrogen-bond donors (Lipinski definition) is 0. The first-order valence-electron chi connectivity index (χ1n) is 15.8. The van der Waals surface area contributed by atoms with Gasteiger partial charge in [-0.25, -0.2) is 4.98 Å². The van der Waals surface area contributed by atoms with Crippen LogP contribution in [0.25, 0.3) is 82.6 Å². The molecule has 216 valence electrons. The molecule has 1 aliphatic carbocycles. The maximum absolute atomic E-state index is 6.44. The zero-order chi connectivity index (χ0) is 30.5. The van der Waals surface area contributed by atoms with E-state index in [9.17, 15) is 0 Å². The number of aromatic nitrogens is 1. The summed E-state index contributed by atoms with van der Waals surface area (Å²) >= 11 is 0. The summed E-state index contributed by atoms with van der Waals surface area (Å²) in [5.74, 6) is 0. The average Bonchev–Trinajstić information content (AvgIpc) is 3.28. The van der Waals surface area contributed by atoms with E-state index in [0.29, 0.717) is 0 Å². The summed E-state index contributed by atoms with van der Waals surface area (Å²) in [6, 6.07) is 47.6. The molecular formula is C44H29NO. The molecule has 0 radical (unpaired) electrons. The van der Waals surface area contributed by atoms with E-state index < -0.39 is 0 Å². The summed E-state index contributed by atoms with van der Waals surface area (Å²) in [4.78, 5) is 5.28. The molecule has 0 aliphatic heterocycles. The zero-order valence-electron chi connectivity index (χ0n) is 25.2. The molecule has 0 fully saturated rings. The highest BCUT2D eigenvalue weighted by molar-refractivity contribution is 6.14. The van der Waals surface area contributed by atoms with Crippen LogP contribution in [0, 0.1) is 0 Å². The number of hydrogen-bond acceptors (Lipinski definition) is 2. The van der Waals surface area contributed by atoms with Crippen molar-refractivity contribution in [2.24, 2.45) is 0 Å². The van der Waals surface area contributed by atoms with Crippen LogP contribution in [0.1, 0.15) is 12.1 Å². The van der Waals surface area contributed by atoms with Crippen LogP contribution in [0.5, 0.6) is 0 Å². The lowest BCUT2D eigenvalue weighted by Gasteiger charge is -2.12. The van der Waals surface area contributed by atoms with Gasteiger partial charge in [-0.15, -0.1) is 0 Å². The summed E-state index contributed by atoms with van der Waals surface area (Å²) in [5.41, 5.74) is 10.5. The number of allylic oxidation sites excluding steroid dienone is 6. The highest BCUT2D eigenvalue weighted by Gasteiger charge is 2.17. The average molecular weight is 588 g/mol. The van der Waals surface area contributed by atoms with Crippen molar-refractivity contribution in [2.45, 2.75) is 6.42 Å². The van der Waals surface area contributed by atoms with Crippen molar-refractivity contribution in [3.8, 4) is 33.5 Å². The number of nitrogens with zero attached hydrogens (tertiary/aromatic N) is 1. The lowest BCUT2D eigenvalue weighted by molar-refractivity contribution is 0.669. The topological polar surface area (TPSA) is 26.0 Å². The van der Waals surface area contributed by atoms with Crippen molar-refractivity contribution in [3.63, 3.8) is 0 Å². The monoisotopic (exact) mass is 587 g/mol. The van der Waals surface area contributed by atoms with Gasteiger partial charge in [-0.1, -0.05) is 127 Å². The Morgan fingerprint density at radius 1 is 0.500 bits per heavy atom. The maximum Gasteiger partial charge on any atom is 0.136 e. The van der Waals surface area contributed by atoms with Crippen LogP contribution >= 0.6 is 0 Å². The minimum Gasteiger partial charge on any atom is -0.456 e. The number of furan rings is 1. The standard InChI is InChI=1S/C44H29NO/c1-2-5-15-31(14-4-1)40-27-35(29-11-6-3-7-12-29)28-41(45-40)38-17-10-18-43-44(38)39-26-33(22-24-42(39)46-43)32-21-23-37-34(25-32)20-19-30-13-8-9-16-36(30)37/h1-4,6-28H,5H2. The minimum atomic E-state index is 0.862. The molecule has 8 aromatic rings. The van der Waals surface area contributed by atoms with Crippen LogP contribution in [0.15, 0.2) is 168 Å². The first-order valence-corrected chi connectivity index (χ1v) is 15.8. The Morgan fingerprint density at radius 2 is 1.30 bits per heavy atom. The molecule has 6 aromatic carbocycles. The van der Waals surface area contributed by atoms with Crippen molar-refractivity contribution < 1.29 is 4.42 Å². The molecule has 2 heterocycles. The molecule has 0 amide bonds. The molecule has 0 saturated heterocycles. The fraction of sp³-hybridized carbons (Fsp3) is 0.0227. The van der Waals surface area contributed by atoms with E-state index in [1.165, 1.54) is 32.7 Å². The quantitative estimate of drug-likeness (QED) is 0.191. The Kier molecular flexibility index (Phi) is 6.24. The predicted octanol–water partition coefficient (Wildman–Crippen LogP) is 12.2. The molecule has 2 heteroatoms. The number of benzene rings is 6. The van der Waals surface area contributed by atoms with Gasteiger partial charge in [0, 0.05) is 16.3 Å². The Bertz CT molecular complexity index is 2550. The van der Waals surface area contributed by atoms with E-state index in [1.807, 2.05) is 0 Å². The van der Waals surface area contributed by atoms with E-state index in [0.717, 1.165) is 62.0 Å². The Balaban J connectivity index is 1.23. The van der Waals surface area contributed by atoms with E-state index in [1.54, 1.807) is 0 Å². The second-order valence-electron chi connectivity index (χ2n) is 11.9. The number of pyridine rings is 1. The Labute approximate surface area is 267 Å². The van der Waals surface area contributed by atoms with Crippen LogP contribution in [0.2, 0.25) is 0 Å². The first-order chi connectivity index (χ1) is 22.8. The van der Waals surface area contributed by atoms with Crippen molar-refractivity contribution >= 4 is 49.1 Å². The molecule has 0 bridgehead atoms. The fourth-order valence-corrected chi connectivity index (χ4v) is 6.80. The van der Waals surface area contributed by atoms with Crippen LogP contribution in [-0.2, 0) is 0 Å². The van der Waals surface area contributed by atoms with E-state index in [-0.39, 0.29) is 0 Å². The molecular weight excluding hydrogens is 558 g/mol. The van der Waals surface area contributed by atoms with Gasteiger partial charge in [0.25, 0.3) is 0 Å². The Hall–Kier alpha value is -5.99. The lowest BCUT2D eigenvalue weighted by Crippen LogP contribution is -1.94. The van der Waals surface area contributed by atoms with Crippen LogP contribution < -0.4 is 0 Å². The maximum atomic E-state index is 6.44. The highest BCUT2D eigenvalue weighted by atomic mass is 16.3. The lowest BCUT2D eigenvalue weighted by atomic mass is 9.95. The predicted molar refractivity (Wildman–Crippen MR) is 194 cm³/mol. The van der Waals surface area contributed by atoms with Crippen LogP contribution in [-0.4, -0.2) is 4.98 Å². The van der Waals surface area contributed by atoms with Crippen molar-refractivity contribution in [2.75, 3.05) is 0 Å². The SMILES string of the molecule is C1=CCC=C(c2cc(-c3ccccc3)cc(-c3cccc4oc5ccc(-c6ccc7c(ccc8ccccc87)c6)cc5c34)n2)C=C1. The van der Waals surface area contributed by atoms with Crippen molar-refractivity contribution in [1.82, 2.24) is 4.98 Å². The van der Waals surface area contributed by atoms with Crippen LogP contribution in [0.3, 0.4) is 0 Å². The third-order valence-corrected chi connectivity index (χ3v) is 9.07. The largest absolute Gasteiger partial charge is 0.456 e. The molecule has 0 saturated carbocycles. The molecule has 2 nitrogen and oxygen atoms in total. The molecule has 46 heavy (non-hydrogen) atoms. The minimum absolute atomic E-state index is 0.862. The van der Waals surface area contributed by atoms with Gasteiger partial charge >= 0.3 is 0 Å². The molecule has 0 unspecified atom stereocenters. The van der Waals surface area contributed by atoms with Gasteiger partial charge in [0.15, 0.2) is 0 Å². The number of fused-ring (bicyclic) bond motifs is 6. The molecule has 1 aliphatic rings. The third kappa shape index (κ3) is 4.55. The van der Waals surface area contributed by atoms with Gasteiger partial charge in [0.2, 0.25) is 0 Å². The molecule has 0 atom stereocenters. The van der Waals surface area contributed by atoms with Crippen molar-refractivity contribution in [1.29, 1.82) is 0 Å². The second kappa shape index (κ2) is 10.9. The molecule has 2 aromatic heterocycles. The van der Waals surface area contributed by atoms with Gasteiger partial charge in [0.05, 0.1) is 11.4 Å². The fourth-order valence-electron chi connectivity index (χ4n) is 6.80. The van der Waals surface area contributed by atoms with Gasteiger partial charge in [-0.05, 0) is 92.2 Å².